The molecule has 0 aromatic rings. The lowest BCUT2D eigenvalue weighted by atomic mass is 10.4. The number of rotatable bonds is 3. The van der Waals surface area contributed by atoms with Gasteiger partial charge >= 0.3 is 0 Å². The maximum Gasteiger partial charge on any atom is 0.105 e. The highest BCUT2D eigenvalue weighted by atomic mass is 79.9. The smallest absolute Gasteiger partial charge is 0.0764 e. The van der Waals surface area contributed by atoms with Crippen LogP contribution in [0.4, 0.5) is 0 Å². The highest BCUT2D eigenvalue weighted by Crippen LogP contribution is 2.44. The van der Waals surface area contributed by atoms with Crippen LogP contribution in [0.2, 0.25) is 0 Å². The zero-order valence-electron chi connectivity index (χ0n) is 4.63. The lowest BCUT2D eigenvalue weighted by molar-refractivity contribution is 0.873. The zero-order valence-corrected chi connectivity index (χ0v) is 14.1. The Kier molecular flexibility index (Phi) is 7.18. The van der Waals surface area contributed by atoms with Crippen molar-refractivity contribution in [3.63, 3.8) is 0 Å². The molecule has 0 aromatic heterocycles. The first kappa shape index (κ1) is 12.9. The quantitative estimate of drug-likeness (QED) is 0.445. The molecule has 0 aliphatic rings. The molecule has 0 spiro atoms. The minimum absolute atomic E-state index is 0.113. The van der Waals surface area contributed by atoms with Crippen molar-refractivity contribution < 1.29 is 0 Å². The maximum absolute atomic E-state index is 3.51. The molecule has 0 atom stereocenters. The van der Waals surface area contributed by atoms with Gasteiger partial charge in [-0.15, -0.1) is 0 Å². The van der Waals surface area contributed by atoms with Gasteiger partial charge in [-0.1, -0.05) is 95.6 Å². The fraction of sp³-hybridized carbons (Fsp3) is 1.00. The van der Waals surface area contributed by atoms with E-state index in [9.17, 15) is 0 Å². The van der Waals surface area contributed by atoms with Crippen LogP contribution in [0, 0.1) is 0 Å². The van der Waals surface area contributed by atoms with Crippen molar-refractivity contribution in [1.82, 2.24) is 0 Å². The number of hydrogen-bond acceptors (Lipinski definition) is 0. The molecule has 0 aromatic carbocycles. The van der Waals surface area contributed by atoms with Crippen LogP contribution in [0.5, 0.6) is 0 Å². The van der Waals surface area contributed by atoms with Gasteiger partial charge in [0.1, 0.15) is 3.23 Å². The summed E-state index contributed by atoms with van der Waals surface area (Å²) in [6.45, 7) is 0. The van der Waals surface area contributed by atoms with E-state index in [0.717, 1.165) is 6.42 Å². The lowest BCUT2D eigenvalue weighted by Crippen LogP contribution is -2.21. The van der Waals surface area contributed by atoms with Gasteiger partial charge in [-0.25, -0.2) is 0 Å². The van der Waals surface area contributed by atoms with Crippen LogP contribution in [0.3, 0.4) is 0 Å². The summed E-state index contributed by atoms with van der Waals surface area (Å²) < 4.78 is 0.388. The summed E-state index contributed by atoms with van der Waals surface area (Å²) in [6, 6.07) is 0. The molecule has 0 nitrogen and oxygen atoms in total. The van der Waals surface area contributed by atoms with Crippen molar-refractivity contribution in [2.45, 2.75) is 17.1 Å². The normalized spacial score (nSPS) is 13.2. The molecule has 0 bridgehead atoms. The predicted octanol–water partition coefficient (Wildman–Crippen LogP) is 5.09. The van der Waals surface area contributed by atoms with Crippen molar-refractivity contribution in [3.8, 4) is 0 Å². The molecule has 0 amide bonds. The fourth-order valence-electron chi connectivity index (χ4n) is 0.295. The second kappa shape index (κ2) is 5.58. The van der Waals surface area contributed by atoms with Gasteiger partial charge in [0.2, 0.25) is 0 Å². The molecule has 0 saturated carbocycles. The van der Waals surface area contributed by atoms with Crippen LogP contribution < -0.4 is 0 Å². The van der Waals surface area contributed by atoms with Crippen molar-refractivity contribution >= 4 is 95.6 Å². The average molecular weight is 532 g/mol. The van der Waals surface area contributed by atoms with E-state index in [4.69, 9.17) is 0 Å². The van der Waals surface area contributed by atoms with Crippen molar-refractivity contribution in [3.05, 3.63) is 0 Å². The molecule has 0 aliphatic carbocycles. The van der Waals surface area contributed by atoms with Crippen molar-refractivity contribution in [1.29, 1.82) is 0 Å². The van der Waals surface area contributed by atoms with Gasteiger partial charge in [0.15, 0.2) is 0 Å². The second-order valence-electron chi connectivity index (χ2n) is 1.66. The summed E-state index contributed by atoms with van der Waals surface area (Å²) in [7, 11) is 0. The zero-order chi connectivity index (χ0) is 8.36. The standard InChI is InChI=1S/C4H4Br6/c5-2(6)1-4(9,10)3(7)8/h2-3H,1H2. The molecule has 62 valence electrons. The Labute approximate surface area is 111 Å². The topological polar surface area (TPSA) is 0 Å². The molecule has 0 saturated heterocycles. The van der Waals surface area contributed by atoms with Crippen LogP contribution in [0.15, 0.2) is 0 Å². The van der Waals surface area contributed by atoms with Gasteiger partial charge in [0.25, 0.3) is 0 Å². The van der Waals surface area contributed by atoms with Gasteiger partial charge < -0.3 is 0 Å². The van der Waals surface area contributed by atoms with Gasteiger partial charge in [-0.3, -0.25) is 0 Å². The summed E-state index contributed by atoms with van der Waals surface area (Å²) >= 11 is 20.6. The first-order chi connectivity index (χ1) is 4.36. The van der Waals surface area contributed by atoms with Crippen molar-refractivity contribution in [2.24, 2.45) is 0 Å². The Morgan fingerprint density at radius 2 is 1.40 bits per heavy atom. The summed E-state index contributed by atoms with van der Waals surface area (Å²) in [5.74, 6) is 0. The summed E-state index contributed by atoms with van der Waals surface area (Å²) in [6.07, 6.45) is 0.911. The Balaban J connectivity index is 3.87. The molecular formula is C4H4Br6. The molecule has 0 fully saturated rings. The van der Waals surface area contributed by atoms with Crippen LogP contribution in [0.1, 0.15) is 6.42 Å². The van der Waals surface area contributed by atoms with Crippen LogP contribution in [0.25, 0.3) is 0 Å². The maximum atomic E-state index is 3.51. The third-order valence-corrected chi connectivity index (χ3v) is 6.98. The Bertz CT molecular complexity index is 97.9. The molecule has 6 heteroatoms. The Hall–Kier alpha value is 2.88. The SMILES string of the molecule is BrC(Br)CC(Br)(Br)C(Br)Br. The van der Waals surface area contributed by atoms with Crippen LogP contribution in [-0.4, -0.2) is 10.7 Å². The highest BCUT2D eigenvalue weighted by molar-refractivity contribution is 9.30. The van der Waals surface area contributed by atoms with E-state index in [2.05, 4.69) is 95.6 Å². The summed E-state index contributed by atoms with van der Waals surface area (Å²) in [4.78, 5) is 0. The second-order valence-corrected chi connectivity index (χ2v) is 12.1. The summed E-state index contributed by atoms with van der Waals surface area (Å²) in [5.41, 5.74) is 0. The van der Waals surface area contributed by atoms with E-state index in [0.29, 0.717) is 3.74 Å². The first-order valence-electron chi connectivity index (χ1n) is 2.30. The fourth-order valence-corrected chi connectivity index (χ4v) is 4.08. The van der Waals surface area contributed by atoms with E-state index in [1.165, 1.54) is 0 Å². The molecule has 0 unspecified atom stereocenters. The van der Waals surface area contributed by atoms with E-state index < -0.39 is 0 Å². The molecule has 0 N–H and O–H groups in total. The molecule has 10 heavy (non-hydrogen) atoms. The van der Waals surface area contributed by atoms with E-state index >= 15 is 0 Å². The van der Waals surface area contributed by atoms with E-state index in [1.54, 1.807) is 0 Å². The molecular weight excluding hydrogens is 527 g/mol. The predicted molar refractivity (Wildman–Crippen MR) is 68.5 cm³/mol. The molecule has 0 heterocycles. The monoisotopic (exact) mass is 526 g/mol. The van der Waals surface area contributed by atoms with Crippen LogP contribution >= 0.6 is 95.6 Å². The molecule has 0 radical (unpaired) electrons. The van der Waals surface area contributed by atoms with Gasteiger partial charge in [-0.2, -0.15) is 0 Å². The largest absolute Gasteiger partial charge is 0.105 e. The average Bonchev–Trinajstić information content (AvgIpc) is 1.60. The summed E-state index contributed by atoms with van der Waals surface area (Å²) in [5, 5.41) is 0. The van der Waals surface area contributed by atoms with Crippen LogP contribution in [-0.2, 0) is 0 Å². The molecule has 0 rings (SSSR count). The van der Waals surface area contributed by atoms with Gasteiger partial charge in [0, 0.05) is 0 Å². The van der Waals surface area contributed by atoms with Gasteiger partial charge in [-0.05, 0) is 6.42 Å². The highest BCUT2D eigenvalue weighted by Gasteiger charge is 2.31. The van der Waals surface area contributed by atoms with Gasteiger partial charge in [0.05, 0.1) is 7.47 Å². The van der Waals surface area contributed by atoms with Crippen molar-refractivity contribution in [2.75, 3.05) is 0 Å². The Morgan fingerprint density at radius 1 is 1.00 bits per heavy atom. The minimum Gasteiger partial charge on any atom is -0.0764 e. The minimum atomic E-state index is -0.113. The number of halogens is 6. The number of hydrogen-bond donors (Lipinski definition) is 0. The first-order valence-corrected chi connectivity index (χ1v) is 7.55. The van der Waals surface area contributed by atoms with E-state index in [1.807, 2.05) is 0 Å². The Morgan fingerprint density at radius 3 is 1.50 bits per heavy atom. The lowest BCUT2D eigenvalue weighted by Gasteiger charge is -2.22. The van der Waals surface area contributed by atoms with E-state index in [-0.39, 0.29) is 6.97 Å². The number of alkyl halides is 6. The third-order valence-electron chi connectivity index (χ3n) is 0.746. The molecule has 0 aliphatic heterocycles. The third kappa shape index (κ3) is 5.51.